The monoisotopic (exact) mass is 756 g/mol. The third kappa shape index (κ3) is 4.91. The molecule has 0 aliphatic carbocycles. The van der Waals surface area contributed by atoms with Gasteiger partial charge in [0, 0.05) is 54.7 Å². The molecule has 12 aromatic rings. The number of hydrogen-bond donors (Lipinski definition) is 0. The van der Waals surface area contributed by atoms with Crippen molar-refractivity contribution in [1.29, 1.82) is 0 Å². The van der Waals surface area contributed by atoms with Gasteiger partial charge >= 0.3 is 0 Å². The van der Waals surface area contributed by atoms with Crippen LogP contribution in [0.25, 0.3) is 116 Å². The van der Waals surface area contributed by atoms with Crippen LogP contribution in [0.4, 0.5) is 0 Å². The van der Waals surface area contributed by atoms with Crippen molar-refractivity contribution >= 4 is 82.3 Å². The summed E-state index contributed by atoms with van der Waals surface area (Å²) in [5.74, 6) is 1.47. The van der Waals surface area contributed by atoms with Gasteiger partial charge in [-0.15, -0.1) is 0 Å². The van der Waals surface area contributed by atoms with E-state index in [1.807, 2.05) is 19.1 Å². The second-order valence-corrected chi connectivity index (χ2v) is 15.3. The van der Waals surface area contributed by atoms with Crippen molar-refractivity contribution < 1.29 is 4.42 Å². The van der Waals surface area contributed by atoms with Crippen molar-refractivity contribution in [2.45, 2.75) is 13.8 Å². The Hall–Kier alpha value is -7.76. The number of fused-ring (bicyclic) bond motifs is 11. The summed E-state index contributed by atoms with van der Waals surface area (Å²) in [6.07, 6.45) is 4.11. The van der Waals surface area contributed by atoms with E-state index in [1.54, 1.807) is 0 Å². The standard InChI is InChI=1S/C54H36N4O/c1-3-15-48-33(2)43-32-44(35-26-29-37(30-27-35)57-46-24-13-10-20-39(46)40-21-11-14-25-47(40)57)52-49(53(43)59-48)42-31-28-34-16-7-8-19-38(34)51(42)58(52)54-55-45-23-12-9-22-41(45)50(56-54)36-17-5-4-6-18-36/h3-32H,1-2H3/b15-3-. The molecule has 0 saturated carbocycles. The molecule has 8 aromatic carbocycles. The zero-order valence-corrected chi connectivity index (χ0v) is 32.5. The number of aromatic nitrogens is 4. The lowest BCUT2D eigenvalue weighted by Crippen LogP contribution is -2.04. The van der Waals surface area contributed by atoms with Gasteiger partial charge in [-0.2, -0.15) is 0 Å². The first-order valence-electron chi connectivity index (χ1n) is 20.1. The van der Waals surface area contributed by atoms with Gasteiger partial charge in [0.25, 0.3) is 0 Å². The molecule has 0 radical (unpaired) electrons. The topological polar surface area (TPSA) is 48.8 Å². The molecule has 278 valence electrons. The third-order valence-electron chi connectivity index (χ3n) is 12.0. The quantitative estimate of drug-likeness (QED) is 0.176. The first-order valence-corrected chi connectivity index (χ1v) is 20.1. The summed E-state index contributed by atoms with van der Waals surface area (Å²) in [5.41, 5.74) is 12.5. The fraction of sp³-hybridized carbons (Fsp3) is 0.0370. The molecule has 0 amide bonds. The van der Waals surface area contributed by atoms with Crippen molar-refractivity contribution in [3.8, 4) is 34.0 Å². The van der Waals surface area contributed by atoms with Crippen LogP contribution in [-0.2, 0) is 0 Å². The maximum Gasteiger partial charge on any atom is 0.235 e. The molecule has 0 N–H and O–H groups in total. The van der Waals surface area contributed by atoms with E-state index in [9.17, 15) is 0 Å². The SMILES string of the molecule is C/C=C\c1oc2c(cc(-c3ccc(-n4c5ccccc5c5ccccc54)cc3)c3c2c2ccc4ccccc4c2n3-c2nc(-c3ccccc3)c3ccccc3n2)c1C. The number of rotatable bonds is 5. The van der Waals surface area contributed by atoms with E-state index in [-0.39, 0.29) is 0 Å². The van der Waals surface area contributed by atoms with Gasteiger partial charge in [0.05, 0.1) is 38.7 Å². The van der Waals surface area contributed by atoms with Crippen LogP contribution in [-0.4, -0.2) is 19.1 Å². The van der Waals surface area contributed by atoms with E-state index in [0.717, 1.165) is 93.8 Å². The Morgan fingerprint density at radius 1 is 0.525 bits per heavy atom. The van der Waals surface area contributed by atoms with Crippen molar-refractivity contribution in [2.75, 3.05) is 0 Å². The van der Waals surface area contributed by atoms with Gasteiger partial charge in [0.2, 0.25) is 5.95 Å². The number of benzene rings is 8. The Kier molecular flexibility index (Phi) is 7.29. The van der Waals surface area contributed by atoms with Crippen LogP contribution in [0, 0.1) is 6.92 Å². The number of allylic oxidation sites excluding steroid dienone is 1. The Balaban J connectivity index is 1.22. The molecular weight excluding hydrogens is 721 g/mol. The van der Waals surface area contributed by atoms with Gasteiger partial charge < -0.3 is 8.98 Å². The number of furan rings is 1. The first-order chi connectivity index (χ1) is 29.2. The summed E-state index contributed by atoms with van der Waals surface area (Å²) in [5, 5.41) is 8.98. The highest BCUT2D eigenvalue weighted by atomic mass is 16.3. The summed E-state index contributed by atoms with van der Waals surface area (Å²) in [7, 11) is 0. The predicted molar refractivity (Wildman–Crippen MR) is 246 cm³/mol. The molecule has 59 heavy (non-hydrogen) atoms. The highest BCUT2D eigenvalue weighted by molar-refractivity contribution is 6.28. The van der Waals surface area contributed by atoms with Crippen LogP contribution in [0.15, 0.2) is 180 Å². The number of hydrogen-bond acceptors (Lipinski definition) is 3. The molecule has 0 aliphatic heterocycles. The van der Waals surface area contributed by atoms with Crippen molar-refractivity contribution in [1.82, 2.24) is 19.1 Å². The van der Waals surface area contributed by atoms with Crippen LogP contribution in [0.5, 0.6) is 0 Å². The molecular formula is C54H36N4O. The van der Waals surface area contributed by atoms with E-state index in [0.29, 0.717) is 5.95 Å². The Morgan fingerprint density at radius 3 is 1.93 bits per heavy atom. The minimum absolute atomic E-state index is 0.610. The second kappa shape index (κ2) is 12.9. The lowest BCUT2D eigenvalue weighted by molar-refractivity contribution is 0.604. The fourth-order valence-electron chi connectivity index (χ4n) is 9.35. The van der Waals surface area contributed by atoms with E-state index < -0.39 is 0 Å². The first kappa shape index (κ1) is 33.4. The summed E-state index contributed by atoms with van der Waals surface area (Å²) >= 11 is 0. The zero-order chi connectivity index (χ0) is 39.2. The molecule has 0 bridgehead atoms. The molecule has 5 heteroatoms. The van der Waals surface area contributed by atoms with E-state index in [1.165, 1.54) is 21.8 Å². The maximum atomic E-state index is 6.88. The van der Waals surface area contributed by atoms with E-state index in [2.05, 4.69) is 186 Å². The van der Waals surface area contributed by atoms with Crippen LogP contribution in [0.2, 0.25) is 0 Å². The molecule has 0 aliphatic rings. The summed E-state index contributed by atoms with van der Waals surface area (Å²) in [6.45, 7) is 4.20. The number of aryl methyl sites for hydroxylation is 1. The van der Waals surface area contributed by atoms with Gasteiger partial charge in [0.1, 0.15) is 11.3 Å². The number of para-hydroxylation sites is 3. The summed E-state index contributed by atoms with van der Waals surface area (Å²) < 4.78 is 11.6. The van der Waals surface area contributed by atoms with E-state index >= 15 is 0 Å². The largest absolute Gasteiger partial charge is 0.456 e. The minimum atomic E-state index is 0.610. The van der Waals surface area contributed by atoms with Gasteiger partial charge in [-0.25, -0.2) is 9.97 Å². The van der Waals surface area contributed by atoms with Crippen molar-refractivity contribution in [2.24, 2.45) is 0 Å². The van der Waals surface area contributed by atoms with Gasteiger partial charge in [-0.3, -0.25) is 4.57 Å². The Labute approximate surface area is 339 Å². The molecule has 0 spiro atoms. The smallest absolute Gasteiger partial charge is 0.235 e. The highest BCUT2D eigenvalue weighted by Gasteiger charge is 2.26. The van der Waals surface area contributed by atoms with Crippen LogP contribution in [0.3, 0.4) is 0 Å². The zero-order valence-electron chi connectivity index (χ0n) is 32.5. The average molecular weight is 757 g/mol. The van der Waals surface area contributed by atoms with Crippen LogP contribution < -0.4 is 0 Å². The molecule has 0 fully saturated rings. The maximum absolute atomic E-state index is 6.88. The van der Waals surface area contributed by atoms with Gasteiger partial charge in [-0.1, -0.05) is 140 Å². The number of nitrogens with zero attached hydrogens (tertiary/aromatic N) is 4. The molecule has 4 aromatic heterocycles. The van der Waals surface area contributed by atoms with Crippen LogP contribution in [0.1, 0.15) is 18.2 Å². The third-order valence-corrected chi connectivity index (χ3v) is 12.0. The predicted octanol–water partition coefficient (Wildman–Crippen LogP) is 14.4. The fourth-order valence-corrected chi connectivity index (χ4v) is 9.35. The molecule has 4 heterocycles. The van der Waals surface area contributed by atoms with Crippen molar-refractivity contribution in [3.63, 3.8) is 0 Å². The molecule has 0 atom stereocenters. The molecule has 5 nitrogen and oxygen atoms in total. The summed E-state index contributed by atoms with van der Waals surface area (Å²) in [6, 6.07) is 60.5. The second-order valence-electron chi connectivity index (χ2n) is 15.3. The average Bonchev–Trinajstić information content (AvgIpc) is 3.93. The lowest BCUT2D eigenvalue weighted by atomic mass is 9.97. The molecule has 0 unspecified atom stereocenters. The highest BCUT2D eigenvalue weighted by Crippen LogP contribution is 2.47. The van der Waals surface area contributed by atoms with Gasteiger partial charge in [-0.05, 0) is 67.3 Å². The minimum Gasteiger partial charge on any atom is -0.456 e. The lowest BCUT2D eigenvalue weighted by Gasteiger charge is -2.15. The Morgan fingerprint density at radius 2 is 1.19 bits per heavy atom. The summed E-state index contributed by atoms with van der Waals surface area (Å²) in [4.78, 5) is 10.9. The Bertz CT molecular complexity index is 3630. The van der Waals surface area contributed by atoms with Crippen molar-refractivity contribution in [3.05, 3.63) is 187 Å². The molecule has 12 rings (SSSR count). The molecule has 0 saturated heterocycles. The van der Waals surface area contributed by atoms with Gasteiger partial charge in [0.15, 0.2) is 0 Å². The van der Waals surface area contributed by atoms with Crippen LogP contribution >= 0.6 is 0 Å². The normalized spacial score (nSPS) is 12.2. The van der Waals surface area contributed by atoms with E-state index in [4.69, 9.17) is 14.4 Å².